The fraction of sp³-hybridized carbons (Fsp3) is 0.333. The second-order valence-electron chi connectivity index (χ2n) is 5.94. The van der Waals surface area contributed by atoms with E-state index in [1.807, 2.05) is 17.5 Å². The van der Waals surface area contributed by atoms with Crippen LogP contribution in [0.5, 0.6) is 5.75 Å². The molecule has 1 fully saturated rings. The number of aliphatic carboxylic acids is 1. The van der Waals surface area contributed by atoms with Gasteiger partial charge in [-0.2, -0.15) is 0 Å². The lowest BCUT2D eigenvalue weighted by atomic mass is 10.1. The molecule has 1 atom stereocenters. The minimum Gasteiger partial charge on any atom is -0.488 e. The molecule has 24 heavy (non-hydrogen) atoms. The van der Waals surface area contributed by atoms with E-state index in [1.165, 1.54) is 0 Å². The van der Waals surface area contributed by atoms with Crippen molar-refractivity contribution in [1.29, 1.82) is 0 Å². The number of hydrogen-bond acceptors (Lipinski definition) is 4. The van der Waals surface area contributed by atoms with Crippen LogP contribution < -0.4 is 10.1 Å². The maximum absolute atomic E-state index is 12.3. The molecular formula is C18H19NO4S. The van der Waals surface area contributed by atoms with Crippen LogP contribution in [0.25, 0.3) is 0 Å². The Labute approximate surface area is 144 Å². The lowest BCUT2D eigenvalue weighted by Crippen LogP contribution is -2.41. The number of amides is 1. The molecule has 1 aliphatic rings. The predicted octanol–water partition coefficient (Wildman–Crippen LogP) is 3.31. The van der Waals surface area contributed by atoms with Gasteiger partial charge in [0.1, 0.15) is 18.4 Å². The summed E-state index contributed by atoms with van der Waals surface area (Å²) in [4.78, 5) is 24.7. The van der Waals surface area contributed by atoms with Crippen molar-refractivity contribution in [1.82, 2.24) is 5.32 Å². The highest BCUT2D eigenvalue weighted by atomic mass is 32.1. The summed E-state index contributed by atoms with van der Waals surface area (Å²) < 4.78 is 5.68. The Hall–Kier alpha value is -2.34. The second kappa shape index (κ2) is 7.49. The Kier molecular flexibility index (Phi) is 5.15. The predicted molar refractivity (Wildman–Crippen MR) is 91.3 cm³/mol. The Morgan fingerprint density at radius 1 is 1.29 bits per heavy atom. The average Bonchev–Trinajstić information content (AvgIpc) is 3.24. The number of carbonyl (C=O) groups excluding carboxylic acids is 1. The van der Waals surface area contributed by atoms with Gasteiger partial charge in [-0.1, -0.05) is 25.0 Å². The van der Waals surface area contributed by atoms with Crippen LogP contribution >= 0.6 is 11.3 Å². The van der Waals surface area contributed by atoms with Gasteiger partial charge < -0.3 is 15.2 Å². The fourth-order valence-corrected chi connectivity index (χ4v) is 3.04. The van der Waals surface area contributed by atoms with Crippen molar-refractivity contribution in [3.05, 3.63) is 52.2 Å². The summed E-state index contributed by atoms with van der Waals surface area (Å²) in [6.07, 6.45) is 2.59. The van der Waals surface area contributed by atoms with E-state index in [1.54, 1.807) is 35.6 Å². The molecule has 0 radical (unpaired) electrons. The van der Waals surface area contributed by atoms with E-state index in [2.05, 4.69) is 5.32 Å². The normalized spacial score (nSPS) is 14.8. The van der Waals surface area contributed by atoms with E-state index in [9.17, 15) is 14.7 Å². The number of ether oxygens (including phenoxy) is 1. The summed E-state index contributed by atoms with van der Waals surface area (Å²) in [6.45, 7) is 0.447. The van der Waals surface area contributed by atoms with Crippen LogP contribution in [-0.2, 0) is 11.4 Å². The van der Waals surface area contributed by atoms with Gasteiger partial charge in [-0.25, -0.2) is 4.79 Å². The molecule has 6 heteroatoms. The SMILES string of the molecule is O=C(NC(CC1CC1)C(=O)O)c1cccc(OCc2cccs2)c1. The molecule has 5 nitrogen and oxygen atoms in total. The third-order valence-electron chi connectivity index (χ3n) is 3.93. The van der Waals surface area contributed by atoms with Crippen molar-refractivity contribution in [3.8, 4) is 5.75 Å². The number of thiophene rings is 1. The lowest BCUT2D eigenvalue weighted by molar-refractivity contribution is -0.139. The number of carboxylic acids is 1. The Balaban J connectivity index is 1.61. The van der Waals surface area contributed by atoms with Crippen LogP contribution in [0.15, 0.2) is 41.8 Å². The molecule has 2 aromatic rings. The Morgan fingerprint density at radius 3 is 2.79 bits per heavy atom. The van der Waals surface area contributed by atoms with Crippen molar-refractivity contribution >= 4 is 23.2 Å². The van der Waals surface area contributed by atoms with E-state index in [0.717, 1.165) is 17.7 Å². The number of nitrogens with one attached hydrogen (secondary N) is 1. The van der Waals surface area contributed by atoms with E-state index >= 15 is 0 Å². The van der Waals surface area contributed by atoms with Crippen LogP contribution in [0.1, 0.15) is 34.5 Å². The van der Waals surface area contributed by atoms with Crippen LogP contribution in [-0.4, -0.2) is 23.0 Å². The van der Waals surface area contributed by atoms with Crippen molar-refractivity contribution in [2.75, 3.05) is 0 Å². The Morgan fingerprint density at radius 2 is 2.12 bits per heavy atom. The smallest absolute Gasteiger partial charge is 0.326 e. The molecular weight excluding hydrogens is 326 g/mol. The molecule has 126 valence electrons. The molecule has 2 N–H and O–H groups in total. The molecule has 1 heterocycles. The molecule has 3 rings (SSSR count). The topological polar surface area (TPSA) is 75.6 Å². The summed E-state index contributed by atoms with van der Waals surface area (Å²) in [5, 5.41) is 13.8. The van der Waals surface area contributed by atoms with Gasteiger partial charge in [-0.15, -0.1) is 11.3 Å². The van der Waals surface area contributed by atoms with Crippen LogP contribution in [0.4, 0.5) is 0 Å². The van der Waals surface area contributed by atoms with Gasteiger partial charge >= 0.3 is 5.97 Å². The number of rotatable bonds is 8. The van der Waals surface area contributed by atoms with Crippen LogP contribution in [0.2, 0.25) is 0 Å². The largest absolute Gasteiger partial charge is 0.488 e. The van der Waals surface area contributed by atoms with Crippen LogP contribution in [0, 0.1) is 5.92 Å². The van der Waals surface area contributed by atoms with Gasteiger partial charge in [0.25, 0.3) is 5.91 Å². The summed E-state index contributed by atoms with van der Waals surface area (Å²) in [5.41, 5.74) is 0.403. The number of benzene rings is 1. The van der Waals surface area contributed by atoms with Gasteiger partial charge in [-0.05, 0) is 42.0 Å². The van der Waals surface area contributed by atoms with Gasteiger partial charge in [0.15, 0.2) is 0 Å². The number of carboxylic acid groups (broad SMARTS) is 1. The van der Waals surface area contributed by atoms with E-state index in [4.69, 9.17) is 4.74 Å². The first-order chi connectivity index (χ1) is 11.6. The molecule has 0 bridgehead atoms. The summed E-state index contributed by atoms with van der Waals surface area (Å²) in [6, 6.07) is 9.91. The van der Waals surface area contributed by atoms with Crippen LogP contribution in [0.3, 0.4) is 0 Å². The molecule has 1 aromatic heterocycles. The second-order valence-corrected chi connectivity index (χ2v) is 6.97. The number of carbonyl (C=O) groups is 2. The molecule has 1 aromatic carbocycles. The third kappa shape index (κ3) is 4.58. The van der Waals surface area contributed by atoms with Crippen molar-refractivity contribution < 1.29 is 19.4 Å². The van der Waals surface area contributed by atoms with Crippen molar-refractivity contribution in [3.63, 3.8) is 0 Å². The van der Waals surface area contributed by atoms with E-state index < -0.39 is 12.0 Å². The Bertz CT molecular complexity index is 710. The van der Waals surface area contributed by atoms with Gasteiger partial charge in [0, 0.05) is 10.4 Å². The first-order valence-electron chi connectivity index (χ1n) is 7.91. The van der Waals surface area contributed by atoms with Crippen molar-refractivity contribution in [2.24, 2.45) is 5.92 Å². The highest BCUT2D eigenvalue weighted by molar-refractivity contribution is 7.09. The van der Waals surface area contributed by atoms with Gasteiger partial charge in [0.2, 0.25) is 0 Å². The summed E-state index contributed by atoms with van der Waals surface area (Å²) in [5.74, 6) is -0.359. The molecule has 0 saturated heterocycles. The molecule has 1 aliphatic carbocycles. The highest BCUT2D eigenvalue weighted by Crippen LogP contribution is 2.33. The maximum atomic E-state index is 12.3. The molecule has 1 saturated carbocycles. The molecule has 0 spiro atoms. The minimum atomic E-state index is -0.986. The average molecular weight is 345 g/mol. The number of hydrogen-bond donors (Lipinski definition) is 2. The summed E-state index contributed by atoms with van der Waals surface area (Å²) >= 11 is 1.61. The van der Waals surface area contributed by atoms with E-state index in [0.29, 0.717) is 30.3 Å². The summed E-state index contributed by atoms with van der Waals surface area (Å²) in [7, 11) is 0. The maximum Gasteiger partial charge on any atom is 0.326 e. The standard InChI is InChI=1S/C18H19NO4S/c20-17(19-16(18(21)22)9-12-6-7-12)13-3-1-4-14(10-13)23-11-15-5-2-8-24-15/h1-5,8,10,12,16H,6-7,9,11H2,(H,19,20)(H,21,22). The first kappa shape index (κ1) is 16.5. The lowest BCUT2D eigenvalue weighted by Gasteiger charge is -2.14. The monoisotopic (exact) mass is 345 g/mol. The first-order valence-corrected chi connectivity index (χ1v) is 8.78. The fourth-order valence-electron chi connectivity index (χ4n) is 2.43. The zero-order chi connectivity index (χ0) is 16.9. The molecule has 0 aliphatic heterocycles. The minimum absolute atomic E-state index is 0.385. The quantitative estimate of drug-likeness (QED) is 0.770. The molecule has 1 amide bonds. The third-order valence-corrected chi connectivity index (χ3v) is 4.78. The zero-order valence-corrected chi connectivity index (χ0v) is 13.9. The van der Waals surface area contributed by atoms with Gasteiger partial charge in [-0.3, -0.25) is 4.79 Å². The van der Waals surface area contributed by atoms with Crippen molar-refractivity contribution in [2.45, 2.75) is 31.9 Å². The van der Waals surface area contributed by atoms with Gasteiger partial charge in [0.05, 0.1) is 0 Å². The zero-order valence-electron chi connectivity index (χ0n) is 13.1. The van der Waals surface area contributed by atoms with E-state index in [-0.39, 0.29) is 5.91 Å². The highest BCUT2D eigenvalue weighted by Gasteiger charge is 2.30. The molecule has 1 unspecified atom stereocenters.